The van der Waals surface area contributed by atoms with Gasteiger partial charge >= 0.3 is 0 Å². The van der Waals surface area contributed by atoms with E-state index in [4.69, 9.17) is 19.7 Å². The topological polar surface area (TPSA) is 47.9 Å². The second-order valence-electron chi connectivity index (χ2n) is 14.6. The van der Waals surface area contributed by atoms with Crippen LogP contribution in [0.2, 0.25) is 13.1 Å². The highest BCUT2D eigenvalue weighted by Crippen LogP contribution is 2.44. The molecular formula is C49H37N3OSi. The Labute approximate surface area is 316 Å². The summed E-state index contributed by atoms with van der Waals surface area (Å²) >= 11 is 0. The Kier molecular flexibility index (Phi) is 7.70. The molecule has 0 aliphatic carbocycles. The lowest BCUT2D eigenvalue weighted by atomic mass is 9.86. The molecule has 10 rings (SSSR count). The van der Waals surface area contributed by atoms with E-state index < -0.39 is 8.07 Å². The van der Waals surface area contributed by atoms with E-state index in [1.807, 2.05) is 24.3 Å². The zero-order valence-corrected chi connectivity index (χ0v) is 31.3. The van der Waals surface area contributed by atoms with E-state index in [9.17, 15) is 0 Å². The Morgan fingerprint density at radius 1 is 0.444 bits per heavy atom. The molecule has 0 bridgehead atoms. The number of benzene rings is 7. The van der Waals surface area contributed by atoms with Crippen LogP contribution in [0.5, 0.6) is 5.75 Å². The van der Waals surface area contributed by atoms with Crippen LogP contribution in [-0.4, -0.2) is 29.6 Å². The first-order valence-electron chi connectivity index (χ1n) is 18.6. The third-order valence-corrected chi connectivity index (χ3v) is 14.6. The van der Waals surface area contributed by atoms with E-state index in [1.54, 1.807) is 0 Å². The lowest BCUT2D eigenvalue weighted by molar-refractivity contribution is 0.326. The van der Waals surface area contributed by atoms with Gasteiger partial charge in [-0.15, -0.1) is 0 Å². The van der Waals surface area contributed by atoms with E-state index in [-0.39, 0.29) is 0 Å². The van der Waals surface area contributed by atoms with Crippen LogP contribution in [-0.2, 0) is 6.42 Å². The van der Waals surface area contributed by atoms with Gasteiger partial charge in [-0.25, -0.2) is 15.0 Å². The van der Waals surface area contributed by atoms with Gasteiger partial charge in [0.15, 0.2) is 17.5 Å². The molecule has 0 radical (unpaired) electrons. The van der Waals surface area contributed by atoms with Crippen LogP contribution in [0.4, 0.5) is 0 Å². The van der Waals surface area contributed by atoms with Gasteiger partial charge in [0, 0.05) is 28.7 Å². The largest absolute Gasteiger partial charge is 0.493 e. The van der Waals surface area contributed by atoms with Gasteiger partial charge in [0.1, 0.15) is 13.8 Å². The minimum Gasteiger partial charge on any atom is -0.493 e. The summed E-state index contributed by atoms with van der Waals surface area (Å²) in [6, 6.07) is 58.1. The molecule has 0 saturated carbocycles. The standard InChI is InChI=1S/C49H37N3OSi/c1-54(2)44-31-35(25-26-39(44)41-23-14-22-36(46(41)54)32-15-6-3-7-16-32)48-50-47(34-19-10-5-11-20-34)51-49(52-48)42-28-27-37-38-21-12-13-24-43(38)53-30-29-40(37)45(42)33-17-8-4-9-18-33/h3-28,31H,29-30H2,1-2H3. The molecule has 54 heavy (non-hydrogen) atoms. The Morgan fingerprint density at radius 3 is 1.78 bits per heavy atom. The van der Waals surface area contributed by atoms with Crippen LogP contribution in [0.1, 0.15) is 5.56 Å². The summed E-state index contributed by atoms with van der Waals surface area (Å²) in [5.74, 6) is 2.90. The summed E-state index contributed by atoms with van der Waals surface area (Å²) in [6.45, 7) is 5.55. The average molecular weight is 712 g/mol. The molecule has 8 aromatic rings. The fourth-order valence-electron chi connectivity index (χ4n) is 8.58. The number of hydrogen-bond acceptors (Lipinski definition) is 4. The summed E-state index contributed by atoms with van der Waals surface area (Å²) in [5, 5.41) is 2.91. The Morgan fingerprint density at radius 2 is 1.02 bits per heavy atom. The van der Waals surface area contributed by atoms with Crippen molar-refractivity contribution >= 4 is 18.4 Å². The lowest BCUT2D eigenvalue weighted by Gasteiger charge is -2.22. The average Bonchev–Trinajstić information content (AvgIpc) is 3.33. The number of ether oxygens (including phenoxy) is 1. The van der Waals surface area contributed by atoms with Crippen molar-refractivity contribution in [1.29, 1.82) is 0 Å². The summed E-state index contributed by atoms with van der Waals surface area (Å²) in [6.07, 6.45) is 0.766. The van der Waals surface area contributed by atoms with Crippen LogP contribution in [0.15, 0.2) is 164 Å². The maximum atomic E-state index is 6.29. The maximum absolute atomic E-state index is 6.29. The number of fused-ring (bicyclic) bond motifs is 6. The van der Waals surface area contributed by atoms with Gasteiger partial charge in [0.2, 0.25) is 0 Å². The lowest BCUT2D eigenvalue weighted by Crippen LogP contribution is -2.50. The van der Waals surface area contributed by atoms with Gasteiger partial charge in [-0.2, -0.15) is 0 Å². The van der Waals surface area contributed by atoms with E-state index in [0.29, 0.717) is 24.1 Å². The van der Waals surface area contributed by atoms with Gasteiger partial charge in [-0.3, -0.25) is 0 Å². The molecule has 0 spiro atoms. The van der Waals surface area contributed by atoms with Crippen molar-refractivity contribution in [3.05, 3.63) is 169 Å². The van der Waals surface area contributed by atoms with Crippen LogP contribution in [0, 0.1) is 0 Å². The zero-order valence-electron chi connectivity index (χ0n) is 30.3. The molecule has 4 nitrogen and oxygen atoms in total. The summed E-state index contributed by atoms with van der Waals surface area (Å²) in [5.41, 5.74) is 14.0. The van der Waals surface area contributed by atoms with E-state index in [2.05, 4.69) is 153 Å². The van der Waals surface area contributed by atoms with Gasteiger partial charge in [0.25, 0.3) is 0 Å². The third kappa shape index (κ3) is 5.31. The first-order chi connectivity index (χ1) is 26.5. The Bertz CT molecular complexity index is 2710. The fourth-order valence-corrected chi connectivity index (χ4v) is 12.0. The number of nitrogens with zero attached hydrogens (tertiary/aromatic N) is 3. The first kappa shape index (κ1) is 32.2. The monoisotopic (exact) mass is 711 g/mol. The SMILES string of the molecule is C[Si]1(C)c2cc(-c3nc(-c4ccccc4)nc(-c4ccc5c(c4-c4ccccc4)CCOc4ccccc4-5)n3)ccc2-c2cccc(-c3ccccc3)c21. The molecule has 0 N–H and O–H groups in total. The second kappa shape index (κ2) is 12.9. The highest BCUT2D eigenvalue weighted by Gasteiger charge is 2.39. The van der Waals surface area contributed by atoms with Crippen molar-refractivity contribution in [3.8, 4) is 84.4 Å². The quantitative estimate of drug-likeness (QED) is 0.167. The van der Waals surface area contributed by atoms with Gasteiger partial charge in [-0.1, -0.05) is 165 Å². The molecular weight excluding hydrogens is 675 g/mol. The summed E-state index contributed by atoms with van der Waals surface area (Å²) < 4.78 is 6.29. The first-order valence-corrected chi connectivity index (χ1v) is 21.6. The smallest absolute Gasteiger partial charge is 0.164 e. The Hall–Kier alpha value is -6.43. The molecule has 0 saturated heterocycles. The number of aromatic nitrogens is 3. The number of para-hydroxylation sites is 1. The van der Waals surface area contributed by atoms with Crippen LogP contribution in [0.3, 0.4) is 0 Å². The highest BCUT2D eigenvalue weighted by molar-refractivity contribution is 7.04. The fraction of sp³-hybridized carbons (Fsp3) is 0.0816. The molecule has 3 heterocycles. The summed E-state index contributed by atoms with van der Waals surface area (Å²) in [4.78, 5) is 15.8. The van der Waals surface area contributed by atoms with Crippen molar-refractivity contribution < 1.29 is 4.74 Å². The highest BCUT2D eigenvalue weighted by atomic mass is 28.3. The van der Waals surface area contributed by atoms with Crippen molar-refractivity contribution in [2.45, 2.75) is 19.5 Å². The number of hydrogen-bond donors (Lipinski definition) is 0. The molecule has 0 amide bonds. The number of rotatable bonds is 5. The van der Waals surface area contributed by atoms with Gasteiger partial charge in [0.05, 0.1) is 6.61 Å². The van der Waals surface area contributed by atoms with Crippen molar-refractivity contribution in [2.24, 2.45) is 0 Å². The molecule has 2 aliphatic rings. The van der Waals surface area contributed by atoms with Crippen LogP contribution < -0.4 is 15.1 Å². The molecule has 5 heteroatoms. The second-order valence-corrected chi connectivity index (χ2v) is 18.9. The summed E-state index contributed by atoms with van der Waals surface area (Å²) in [7, 11) is -2.11. The minimum atomic E-state index is -2.11. The predicted octanol–water partition coefficient (Wildman–Crippen LogP) is 10.6. The van der Waals surface area contributed by atoms with Crippen molar-refractivity contribution in [1.82, 2.24) is 15.0 Å². The molecule has 2 aliphatic heterocycles. The van der Waals surface area contributed by atoms with E-state index >= 15 is 0 Å². The normalized spacial score (nSPS) is 13.5. The minimum absolute atomic E-state index is 0.591. The molecule has 0 atom stereocenters. The zero-order chi connectivity index (χ0) is 36.2. The predicted molar refractivity (Wildman–Crippen MR) is 224 cm³/mol. The molecule has 258 valence electrons. The van der Waals surface area contributed by atoms with E-state index in [1.165, 1.54) is 43.8 Å². The van der Waals surface area contributed by atoms with Crippen LogP contribution >= 0.6 is 0 Å². The molecule has 7 aromatic carbocycles. The third-order valence-electron chi connectivity index (χ3n) is 11.1. The maximum Gasteiger partial charge on any atom is 0.164 e. The van der Waals surface area contributed by atoms with Crippen molar-refractivity contribution in [2.75, 3.05) is 6.61 Å². The molecule has 1 aromatic heterocycles. The Balaban J connectivity index is 1.17. The van der Waals surface area contributed by atoms with Gasteiger partial charge < -0.3 is 4.74 Å². The molecule has 0 fully saturated rings. The van der Waals surface area contributed by atoms with Crippen LogP contribution in [0.25, 0.3) is 78.7 Å². The van der Waals surface area contributed by atoms with E-state index in [0.717, 1.165) is 45.6 Å². The van der Waals surface area contributed by atoms with Gasteiger partial charge in [-0.05, 0) is 67.0 Å². The van der Waals surface area contributed by atoms with Crippen molar-refractivity contribution in [3.63, 3.8) is 0 Å². The molecule has 0 unspecified atom stereocenters.